The lowest BCUT2D eigenvalue weighted by Crippen LogP contribution is -2.18. The molecule has 0 spiro atoms. The topological polar surface area (TPSA) is 113 Å². The van der Waals surface area contributed by atoms with Crippen molar-refractivity contribution in [3.63, 3.8) is 0 Å². The van der Waals surface area contributed by atoms with Gasteiger partial charge in [-0.3, -0.25) is 4.28 Å². The molecule has 20 heavy (non-hydrogen) atoms. The number of rotatable bonds is 4. The van der Waals surface area contributed by atoms with Crippen LogP contribution in [-0.2, 0) is 10.1 Å². The van der Waals surface area contributed by atoms with Gasteiger partial charge < -0.3 is 5.73 Å². The summed E-state index contributed by atoms with van der Waals surface area (Å²) in [6, 6.07) is 0. The molecule has 0 bridgehead atoms. The molecule has 108 valence electrons. The van der Waals surface area contributed by atoms with E-state index in [0.29, 0.717) is 11.7 Å². The lowest BCUT2D eigenvalue weighted by atomic mass is 10.2. The van der Waals surface area contributed by atoms with Crippen LogP contribution in [0.25, 0.3) is 17.2 Å². The van der Waals surface area contributed by atoms with Gasteiger partial charge in [0.05, 0.1) is 6.26 Å². The molecule has 2 aromatic rings. The highest BCUT2D eigenvalue weighted by Gasteiger charge is 2.14. The second kappa shape index (κ2) is 5.08. The molecule has 0 unspecified atom stereocenters. The zero-order chi connectivity index (χ0) is 14.9. The first-order chi connectivity index (χ1) is 9.26. The molecule has 8 nitrogen and oxygen atoms in total. The Morgan fingerprint density at radius 3 is 2.70 bits per heavy atom. The highest BCUT2D eigenvalue weighted by Crippen LogP contribution is 2.17. The fourth-order valence-corrected chi connectivity index (χ4v) is 1.90. The maximum absolute atomic E-state index is 11.1. The summed E-state index contributed by atoms with van der Waals surface area (Å²) in [5.74, 6) is 0.856. The Balaban J connectivity index is 2.49. The third-order valence-corrected chi connectivity index (χ3v) is 2.69. The first-order valence-electron chi connectivity index (χ1n) is 5.85. The van der Waals surface area contributed by atoms with Crippen molar-refractivity contribution in [2.75, 3.05) is 12.0 Å². The van der Waals surface area contributed by atoms with Crippen LogP contribution in [-0.4, -0.2) is 34.4 Å². The van der Waals surface area contributed by atoms with Crippen LogP contribution in [0.4, 0.5) is 5.82 Å². The Morgan fingerprint density at radius 1 is 1.40 bits per heavy atom. The Bertz CT molecular complexity index is 764. The lowest BCUT2D eigenvalue weighted by Gasteiger charge is -2.04. The molecule has 9 heteroatoms. The van der Waals surface area contributed by atoms with Crippen molar-refractivity contribution in [2.24, 2.45) is 5.92 Å². The van der Waals surface area contributed by atoms with Crippen molar-refractivity contribution >= 4 is 33.2 Å². The predicted molar refractivity (Wildman–Crippen MR) is 75.0 cm³/mol. The molecule has 2 heterocycles. The van der Waals surface area contributed by atoms with Gasteiger partial charge in [-0.15, -0.1) is 4.73 Å². The second-order valence-corrected chi connectivity index (χ2v) is 6.15. The van der Waals surface area contributed by atoms with E-state index in [2.05, 4.69) is 15.0 Å². The van der Waals surface area contributed by atoms with Crippen LogP contribution in [0.1, 0.15) is 19.7 Å². The van der Waals surface area contributed by atoms with Gasteiger partial charge in [-0.25, -0.2) is 15.0 Å². The van der Waals surface area contributed by atoms with E-state index in [1.54, 1.807) is 6.08 Å². The van der Waals surface area contributed by atoms with Gasteiger partial charge in [-0.05, 0) is 12.0 Å². The van der Waals surface area contributed by atoms with E-state index in [1.807, 2.05) is 19.9 Å². The summed E-state index contributed by atoms with van der Waals surface area (Å²) in [7, 11) is -3.69. The van der Waals surface area contributed by atoms with Crippen LogP contribution in [0.5, 0.6) is 0 Å². The molecule has 0 amide bonds. The van der Waals surface area contributed by atoms with E-state index in [-0.39, 0.29) is 17.0 Å². The largest absolute Gasteiger partial charge is 0.382 e. The summed E-state index contributed by atoms with van der Waals surface area (Å²) in [6.07, 6.45) is 5.77. The number of fused-ring (bicyclic) bond motifs is 1. The molecule has 0 aliphatic heterocycles. The van der Waals surface area contributed by atoms with Crippen LogP contribution in [0.15, 0.2) is 12.4 Å². The van der Waals surface area contributed by atoms with Gasteiger partial charge in [0, 0.05) is 0 Å². The third-order valence-electron chi connectivity index (χ3n) is 2.26. The van der Waals surface area contributed by atoms with Crippen molar-refractivity contribution in [2.45, 2.75) is 13.8 Å². The summed E-state index contributed by atoms with van der Waals surface area (Å²) in [5, 5.41) is 0. The monoisotopic (exact) mass is 297 g/mol. The van der Waals surface area contributed by atoms with E-state index >= 15 is 0 Å². The average Bonchev–Trinajstić information content (AvgIpc) is 2.68. The number of imidazole rings is 1. The van der Waals surface area contributed by atoms with Crippen molar-refractivity contribution in [3.05, 3.63) is 18.2 Å². The van der Waals surface area contributed by atoms with Crippen molar-refractivity contribution in [1.29, 1.82) is 0 Å². The molecule has 0 radical (unpaired) electrons. The minimum Gasteiger partial charge on any atom is -0.382 e. The molecule has 0 saturated carbocycles. The number of nitrogen functional groups attached to an aromatic ring is 1. The summed E-state index contributed by atoms with van der Waals surface area (Å²) in [6.45, 7) is 4.04. The highest BCUT2D eigenvalue weighted by atomic mass is 32.2. The maximum atomic E-state index is 11.1. The molecule has 0 aromatic carbocycles. The van der Waals surface area contributed by atoms with Crippen molar-refractivity contribution < 1.29 is 12.7 Å². The van der Waals surface area contributed by atoms with Gasteiger partial charge in [0.1, 0.15) is 6.33 Å². The molecule has 2 rings (SSSR count). The lowest BCUT2D eigenvalue weighted by molar-refractivity contribution is 0.294. The third kappa shape index (κ3) is 3.23. The number of hydrogen-bond donors (Lipinski definition) is 1. The first-order valence-corrected chi connectivity index (χ1v) is 7.66. The number of nitrogens with two attached hydrogens (primary N) is 1. The van der Waals surface area contributed by atoms with E-state index < -0.39 is 10.1 Å². The molecule has 2 N–H and O–H groups in total. The average molecular weight is 297 g/mol. The quantitative estimate of drug-likeness (QED) is 0.872. The molecular formula is C11H15N5O3S. The molecule has 0 aliphatic rings. The van der Waals surface area contributed by atoms with Crippen LogP contribution < -0.4 is 10.0 Å². The van der Waals surface area contributed by atoms with Gasteiger partial charge in [0.2, 0.25) is 0 Å². The van der Waals surface area contributed by atoms with Gasteiger partial charge in [-0.2, -0.15) is 8.42 Å². The second-order valence-electron chi connectivity index (χ2n) is 4.59. The molecule has 0 fully saturated rings. The number of hydrogen-bond acceptors (Lipinski definition) is 7. The summed E-state index contributed by atoms with van der Waals surface area (Å²) in [4.78, 5) is 12.2. The number of anilines is 1. The minimum absolute atomic E-state index is 0.0968. The van der Waals surface area contributed by atoms with Crippen LogP contribution in [0, 0.1) is 5.92 Å². The molecule has 2 aromatic heterocycles. The smallest absolute Gasteiger partial charge is 0.324 e. The zero-order valence-corrected chi connectivity index (χ0v) is 12.1. The van der Waals surface area contributed by atoms with Gasteiger partial charge in [-0.1, -0.05) is 19.9 Å². The molecule has 0 saturated heterocycles. The van der Waals surface area contributed by atoms with E-state index in [9.17, 15) is 8.42 Å². The summed E-state index contributed by atoms with van der Waals surface area (Å²) >= 11 is 0. The predicted octanol–water partition coefficient (Wildman–Crippen LogP) is 0.466. The number of allylic oxidation sites excluding steroid dienone is 1. The molecular weight excluding hydrogens is 282 g/mol. The van der Waals surface area contributed by atoms with E-state index in [1.165, 1.54) is 6.33 Å². The van der Waals surface area contributed by atoms with Gasteiger partial charge in [0.15, 0.2) is 22.8 Å². The normalized spacial score (nSPS) is 12.6. The summed E-state index contributed by atoms with van der Waals surface area (Å²) in [5.41, 5.74) is 6.29. The van der Waals surface area contributed by atoms with Crippen LogP contribution in [0.3, 0.4) is 0 Å². The van der Waals surface area contributed by atoms with Crippen molar-refractivity contribution in [3.8, 4) is 0 Å². The van der Waals surface area contributed by atoms with E-state index in [4.69, 9.17) is 10.0 Å². The standard InChI is InChI=1S/C11H15N5O3S/c1-7(2)4-5-8-14-10(12)9-11(15-8)13-6-16(9)19-20(3,17)18/h4-7H,1-3H3,(H2,12,14,15)/b5-4+. The Kier molecular flexibility index (Phi) is 3.62. The summed E-state index contributed by atoms with van der Waals surface area (Å²) < 4.78 is 27.9. The fourth-order valence-electron chi connectivity index (χ4n) is 1.50. The van der Waals surface area contributed by atoms with Gasteiger partial charge in [0.25, 0.3) is 0 Å². The highest BCUT2D eigenvalue weighted by molar-refractivity contribution is 7.86. The van der Waals surface area contributed by atoms with Crippen LogP contribution >= 0.6 is 0 Å². The maximum Gasteiger partial charge on any atom is 0.324 e. The Morgan fingerprint density at radius 2 is 2.10 bits per heavy atom. The molecule has 0 atom stereocenters. The Hall–Kier alpha value is -2.16. The zero-order valence-electron chi connectivity index (χ0n) is 11.3. The number of nitrogens with zero attached hydrogens (tertiary/aromatic N) is 4. The fraction of sp³-hybridized carbons (Fsp3) is 0.364. The minimum atomic E-state index is -3.69. The van der Waals surface area contributed by atoms with Gasteiger partial charge >= 0.3 is 10.1 Å². The first kappa shape index (κ1) is 14.3. The Labute approximate surface area is 116 Å². The van der Waals surface area contributed by atoms with Crippen LogP contribution in [0.2, 0.25) is 0 Å². The molecule has 0 aliphatic carbocycles. The SMILES string of the molecule is CC(C)/C=C/c1nc(N)c2c(ncn2OS(C)(=O)=O)n1. The van der Waals surface area contributed by atoms with E-state index in [0.717, 1.165) is 11.0 Å². The number of aromatic nitrogens is 4. The van der Waals surface area contributed by atoms with Crippen molar-refractivity contribution in [1.82, 2.24) is 19.7 Å².